The third kappa shape index (κ3) is 8.10. The molecule has 4 aromatic rings. The molecule has 1 aliphatic rings. The first kappa shape index (κ1) is 31.8. The van der Waals surface area contributed by atoms with Crippen molar-refractivity contribution in [3.63, 3.8) is 0 Å². The third-order valence-corrected chi connectivity index (χ3v) is 8.16. The number of rotatable bonds is 11. The summed E-state index contributed by atoms with van der Waals surface area (Å²) in [6.07, 6.45) is 1.80. The van der Waals surface area contributed by atoms with Crippen LogP contribution in [0.3, 0.4) is 0 Å². The van der Waals surface area contributed by atoms with E-state index in [4.69, 9.17) is 9.47 Å². The molecular weight excluding hydrogens is 608 g/mol. The molecule has 0 radical (unpaired) electrons. The Balaban J connectivity index is 1.32. The van der Waals surface area contributed by atoms with E-state index in [1.165, 1.54) is 36.0 Å². The number of hydrogen-bond donors (Lipinski definition) is 3. The van der Waals surface area contributed by atoms with Crippen LogP contribution in [-0.2, 0) is 9.59 Å². The highest BCUT2D eigenvalue weighted by Gasteiger charge is 2.21. The van der Waals surface area contributed by atoms with Crippen molar-refractivity contribution in [1.82, 2.24) is 5.32 Å². The van der Waals surface area contributed by atoms with Gasteiger partial charge in [-0.2, -0.15) is 0 Å². The van der Waals surface area contributed by atoms with Gasteiger partial charge in [-0.05, 0) is 61.0 Å². The first-order chi connectivity index (χ1) is 22.3. The summed E-state index contributed by atoms with van der Waals surface area (Å²) in [5.41, 5.74) is 1.03. The fourth-order valence-electron chi connectivity index (χ4n) is 4.55. The molecule has 4 aromatic carbocycles. The molecule has 11 nitrogen and oxygen atoms in total. The maximum absolute atomic E-state index is 13.5. The number of nitro benzene ring substituents is 1. The zero-order valence-corrected chi connectivity index (χ0v) is 25.5. The number of carbonyl (C=O) groups is 3. The number of thioether (sulfide) groups is 1. The molecule has 234 valence electrons. The minimum atomic E-state index is -0.687. The lowest BCUT2D eigenvalue weighted by Crippen LogP contribution is -2.30. The van der Waals surface area contributed by atoms with Crippen molar-refractivity contribution >= 4 is 52.6 Å². The molecule has 0 saturated heterocycles. The Morgan fingerprint density at radius 1 is 0.870 bits per heavy atom. The van der Waals surface area contributed by atoms with Gasteiger partial charge in [0.2, 0.25) is 5.91 Å². The van der Waals surface area contributed by atoms with Crippen LogP contribution >= 0.6 is 11.8 Å². The van der Waals surface area contributed by atoms with Gasteiger partial charge in [0.15, 0.2) is 11.5 Å². The molecule has 46 heavy (non-hydrogen) atoms. The van der Waals surface area contributed by atoms with Crippen LogP contribution in [0, 0.1) is 10.1 Å². The number of anilines is 2. The molecule has 12 heteroatoms. The minimum Gasteiger partial charge on any atom is -0.486 e. The largest absolute Gasteiger partial charge is 0.486 e. The number of hydrogen-bond acceptors (Lipinski definition) is 8. The smallest absolute Gasteiger partial charge is 0.276 e. The van der Waals surface area contributed by atoms with Crippen molar-refractivity contribution < 1.29 is 28.8 Å². The van der Waals surface area contributed by atoms with Crippen LogP contribution in [0.5, 0.6) is 11.5 Å². The molecule has 1 unspecified atom stereocenters. The van der Waals surface area contributed by atoms with Crippen LogP contribution in [-0.4, -0.2) is 41.1 Å². The van der Waals surface area contributed by atoms with Crippen LogP contribution in [0.25, 0.3) is 6.08 Å². The highest BCUT2D eigenvalue weighted by molar-refractivity contribution is 8.00. The van der Waals surface area contributed by atoms with Crippen LogP contribution < -0.4 is 25.4 Å². The van der Waals surface area contributed by atoms with Crippen molar-refractivity contribution in [1.29, 1.82) is 0 Å². The maximum Gasteiger partial charge on any atom is 0.276 e. The van der Waals surface area contributed by atoms with Crippen molar-refractivity contribution in [2.75, 3.05) is 23.8 Å². The second-order valence-corrected chi connectivity index (χ2v) is 11.3. The molecule has 0 spiro atoms. The van der Waals surface area contributed by atoms with E-state index in [0.717, 1.165) is 4.90 Å². The van der Waals surface area contributed by atoms with E-state index in [0.29, 0.717) is 48.1 Å². The Morgan fingerprint density at radius 3 is 2.35 bits per heavy atom. The fourth-order valence-corrected chi connectivity index (χ4v) is 5.56. The molecule has 3 amide bonds. The number of ether oxygens (including phenoxy) is 2. The highest BCUT2D eigenvalue weighted by atomic mass is 32.2. The lowest BCUT2D eigenvalue weighted by Gasteiger charge is -2.20. The molecular formula is C34H30N4O7S. The summed E-state index contributed by atoms with van der Waals surface area (Å²) in [4.78, 5) is 51.4. The first-order valence-corrected chi connectivity index (χ1v) is 15.3. The molecule has 0 saturated carbocycles. The van der Waals surface area contributed by atoms with Crippen LogP contribution in [0.4, 0.5) is 17.1 Å². The molecule has 5 rings (SSSR count). The van der Waals surface area contributed by atoms with Crippen molar-refractivity contribution in [2.45, 2.75) is 23.5 Å². The Morgan fingerprint density at radius 2 is 1.59 bits per heavy atom. The number of fused-ring (bicyclic) bond motifs is 1. The number of para-hydroxylation sites is 1. The van der Waals surface area contributed by atoms with E-state index in [1.807, 2.05) is 13.0 Å². The van der Waals surface area contributed by atoms with E-state index in [9.17, 15) is 24.5 Å². The minimum absolute atomic E-state index is 0.144. The number of amides is 3. The monoisotopic (exact) mass is 638 g/mol. The number of nitrogens with one attached hydrogen (secondary N) is 3. The zero-order chi connectivity index (χ0) is 32.5. The van der Waals surface area contributed by atoms with Gasteiger partial charge in [0, 0.05) is 34.0 Å². The molecule has 0 fully saturated rings. The summed E-state index contributed by atoms with van der Waals surface area (Å²) in [7, 11) is 0. The normalized spacial score (nSPS) is 12.8. The van der Waals surface area contributed by atoms with Crippen LogP contribution in [0.2, 0.25) is 0 Å². The van der Waals surface area contributed by atoms with E-state index in [-0.39, 0.29) is 22.9 Å². The summed E-state index contributed by atoms with van der Waals surface area (Å²) < 4.78 is 11.2. The Hall–Kier alpha value is -5.62. The second-order valence-electron chi connectivity index (χ2n) is 10.0. The van der Waals surface area contributed by atoms with Gasteiger partial charge in [-0.15, -0.1) is 11.8 Å². The second kappa shape index (κ2) is 14.9. The molecule has 1 aliphatic heterocycles. The van der Waals surface area contributed by atoms with Crippen LogP contribution in [0.15, 0.2) is 108 Å². The number of carbonyl (C=O) groups excluding carboxylic acids is 3. The van der Waals surface area contributed by atoms with Crippen LogP contribution in [0.1, 0.15) is 29.3 Å². The Kier molecular flexibility index (Phi) is 10.3. The third-order valence-electron chi connectivity index (χ3n) is 6.81. The summed E-state index contributed by atoms with van der Waals surface area (Å²) in [6, 6.07) is 26.4. The summed E-state index contributed by atoms with van der Waals surface area (Å²) >= 11 is 1.33. The van der Waals surface area contributed by atoms with E-state index >= 15 is 0 Å². The van der Waals surface area contributed by atoms with Gasteiger partial charge in [-0.1, -0.05) is 43.3 Å². The van der Waals surface area contributed by atoms with Crippen molar-refractivity contribution in [2.24, 2.45) is 0 Å². The van der Waals surface area contributed by atoms with Gasteiger partial charge in [0.1, 0.15) is 18.9 Å². The van der Waals surface area contributed by atoms with Gasteiger partial charge in [-0.3, -0.25) is 24.5 Å². The number of nitro groups is 1. The number of nitrogens with zero attached hydrogens (tertiary/aromatic N) is 1. The summed E-state index contributed by atoms with van der Waals surface area (Å²) in [5, 5.41) is 19.5. The van der Waals surface area contributed by atoms with Gasteiger partial charge < -0.3 is 25.4 Å². The average Bonchev–Trinajstić information content (AvgIpc) is 3.07. The fraction of sp³-hybridized carbons (Fsp3) is 0.147. The number of benzene rings is 4. The predicted molar refractivity (Wildman–Crippen MR) is 176 cm³/mol. The van der Waals surface area contributed by atoms with Gasteiger partial charge in [0.25, 0.3) is 17.5 Å². The maximum atomic E-state index is 13.5. The van der Waals surface area contributed by atoms with Gasteiger partial charge in [0.05, 0.1) is 15.7 Å². The Bertz CT molecular complexity index is 1800. The molecule has 0 aliphatic carbocycles. The molecule has 1 heterocycles. The quantitative estimate of drug-likeness (QED) is 0.0752. The van der Waals surface area contributed by atoms with E-state index in [1.54, 1.807) is 72.8 Å². The lowest BCUT2D eigenvalue weighted by molar-refractivity contribution is -0.385. The SMILES string of the molecule is CCC(Sc1cccc(NC(=O)/C(=C\c2ccccc2[N+](=O)[O-])NC(=O)c2ccccc2)c1)C(=O)Nc1ccc2c(c1)OCCO2. The van der Waals surface area contributed by atoms with Gasteiger partial charge >= 0.3 is 0 Å². The topological polar surface area (TPSA) is 149 Å². The van der Waals surface area contributed by atoms with Gasteiger partial charge in [-0.25, -0.2) is 0 Å². The molecule has 0 bridgehead atoms. The summed E-state index contributed by atoms with van der Waals surface area (Å²) in [5.74, 6) is -0.239. The molecule has 0 aromatic heterocycles. The Labute approximate surface area is 269 Å². The predicted octanol–water partition coefficient (Wildman–Crippen LogP) is 6.29. The summed E-state index contributed by atoms with van der Waals surface area (Å²) in [6.45, 7) is 2.82. The average molecular weight is 639 g/mol. The van der Waals surface area contributed by atoms with E-state index in [2.05, 4.69) is 16.0 Å². The van der Waals surface area contributed by atoms with Crippen molar-refractivity contribution in [3.8, 4) is 11.5 Å². The molecule has 1 atom stereocenters. The first-order valence-electron chi connectivity index (χ1n) is 14.4. The molecule has 3 N–H and O–H groups in total. The standard InChI is InChI=1S/C34H30N4O7S/c1-2-31(34(41)36-25-15-16-29-30(21-25)45-18-17-44-29)46-26-13-8-12-24(20-26)35-33(40)27(37-32(39)22-9-4-3-5-10-22)19-23-11-6-7-14-28(23)38(42)43/h3-16,19-21,31H,2,17-18H2,1H3,(H,35,40)(H,36,41)(H,37,39)/b27-19+. The van der Waals surface area contributed by atoms with E-state index < -0.39 is 22.0 Å². The highest BCUT2D eigenvalue weighted by Crippen LogP contribution is 2.34. The van der Waals surface area contributed by atoms with Crippen molar-refractivity contribution in [3.05, 3.63) is 124 Å². The lowest BCUT2D eigenvalue weighted by atomic mass is 10.1. The zero-order valence-electron chi connectivity index (χ0n) is 24.7.